The van der Waals surface area contributed by atoms with Gasteiger partial charge < -0.3 is 10.6 Å². The minimum atomic E-state index is 0.777. The summed E-state index contributed by atoms with van der Waals surface area (Å²) in [6, 6.07) is 0. The summed E-state index contributed by atoms with van der Waals surface area (Å²) in [5, 5.41) is 7.86. The SMILES string of the molecule is Cc1nc(NCC2CCNC2)sc1C. The van der Waals surface area contributed by atoms with Gasteiger partial charge in [0.1, 0.15) is 0 Å². The highest BCUT2D eigenvalue weighted by Crippen LogP contribution is 2.21. The average Bonchev–Trinajstić information content (AvgIpc) is 2.74. The van der Waals surface area contributed by atoms with Gasteiger partial charge in [0.2, 0.25) is 0 Å². The molecular weight excluding hydrogens is 194 g/mol. The summed E-state index contributed by atoms with van der Waals surface area (Å²) < 4.78 is 0. The minimum absolute atomic E-state index is 0.777. The van der Waals surface area contributed by atoms with Crippen molar-refractivity contribution in [2.24, 2.45) is 5.92 Å². The smallest absolute Gasteiger partial charge is 0.183 e. The molecule has 0 aromatic carbocycles. The zero-order valence-electron chi connectivity index (χ0n) is 8.76. The van der Waals surface area contributed by atoms with Crippen molar-refractivity contribution in [2.75, 3.05) is 25.0 Å². The van der Waals surface area contributed by atoms with E-state index in [1.54, 1.807) is 11.3 Å². The Hall–Kier alpha value is -0.610. The van der Waals surface area contributed by atoms with Crippen LogP contribution in [0.3, 0.4) is 0 Å². The normalized spacial score (nSPS) is 21.4. The van der Waals surface area contributed by atoms with E-state index in [1.165, 1.54) is 17.8 Å². The Balaban J connectivity index is 1.85. The summed E-state index contributed by atoms with van der Waals surface area (Å²) in [4.78, 5) is 5.77. The van der Waals surface area contributed by atoms with Gasteiger partial charge in [-0.2, -0.15) is 0 Å². The number of thiazole rings is 1. The predicted molar refractivity (Wildman–Crippen MR) is 61.1 cm³/mol. The third-order valence-electron chi connectivity index (χ3n) is 2.73. The number of aryl methyl sites for hydroxylation is 2. The fourth-order valence-electron chi connectivity index (χ4n) is 1.67. The van der Waals surface area contributed by atoms with Crippen molar-refractivity contribution in [1.82, 2.24) is 10.3 Å². The van der Waals surface area contributed by atoms with Gasteiger partial charge >= 0.3 is 0 Å². The van der Waals surface area contributed by atoms with E-state index in [-0.39, 0.29) is 0 Å². The van der Waals surface area contributed by atoms with Crippen molar-refractivity contribution in [3.63, 3.8) is 0 Å². The van der Waals surface area contributed by atoms with Gasteiger partial charge in [0.05, 0.1) is 5.69 Å². The van der Waals surface area contributed by atoms with Gasteiger partial charge in [-0.1, -0.05) is 0 Å². The largest absolute Gasteiger partial charge is 0.361 e. The molecular formula is C10H17N3S. The summed E-state index contributed by atoms with van der Waals surface area (Å²) in [5.41, 5.74) is 1.15. The molecule has 0 spiro atoms. The van der Waals surface area contributed by atoms with Gasteiger partial charge in [-0.05, 0) is 39.3 Å². The molecule has 3 nitrogen and oxygen atoms in total. The standard InChI is InChI=1S/C10H17N3S/c1-7-8(2)14-10(13-7)12-6-9-3-4-11-5-9/h9,11H,3-6H2,1-2H3,(H,12,13). The molecule has 1 aromatic heterocycles. The Morgan fingerprint density at radius 1 is 1.57 bits per heavy atom. The first-order valence-electron chi connectivity index (χ1n) is 5.14. The number of hydrogen-bond acceptors (Lipinski definition) is 4. The van der Waals surface area contributed by atoms with E-state index in [2.05, 4.69) is 29.5 Å². The second-order valence-corrected chi connectivity index (χ2v) is 5.10. The molecule has 1 saturated heterocycles. The molecule has 1 unspecified atom stereocenters. The highest BCUT2D eigenvalue weighted by Gasteiger charge is 2.14. The molecule has 0 amide bonds. The Morgan fingerprint density at radius 3 is 3.00 bits per heavy atom. The maximum Gasteiger partial charge on any atom is 0.183 e. The van der Waals surface area contributed by atoms with Crippen LogP contribution in [0.2, 0.25) is 0 Å². The number of aromatic nitrogens is 1. The molecule has 2 N–H and O–H groups in total. The van der Waals surface area contributed by atoms with Crippen molar-refractivity contribution in [2.45, 2.75) is 20.3 Å². The van der Waals surface area contributed by atoms with Gasteiger partial charge in [-0.15, -0.1) is 11.3 Å². The van der Waals surface area contributed by atoms with Crippen LogP contribution in [0.4, 0.5) is 5.13 Å². The van der Waals surface area contributed by atoms with Gasteiger partial charge in [0, 0.05) is 11.4 Å². The van der Waals surface area contributed by atoms with Crippen LogP contribution in [-0.2, 0) is 0 Å². The Labute approximate surface area is 88.9 Å². The lowest BCUT2D eigenvalue weighted by Gasteiger charge is -2.07. The molecule has 2 rings (SSSR count). The van der Waals surface area contributed by atoms with Crippen molar-refractivity contribution >= 4 is 16.5 Å². The predicted octanol–water partition coefficient (Wildman–Crippen LogP) is 1.78. The van der Waals surface area contributed by atoms with Crippen LogP contribution in [0.15, 0.2) is 0 Å². The van der Waals surface area contributed by atoms with E-state index < -0.39 is 0 Å². The molecule has 78 valence electrons. The molecule has 1 aromatic rings. The summed E-state index contributed by atoms with van der Waals surface area (Å²) in [6.07, 6.45) is 1.29. The molecule has 1 aliphatic rings. The molecule has 0 bridgehead atoms. The van der Waals surface area contributed by atoms with Crippen molar-refractivity contribution in [3.05, 3.63) is 10.6 Å². The van der Waals surface area contributed by atoms with E-state index in [9.17, 15) is 0 Å². The molecule has 0 aliphatic carbocycles. The fourth-order valence-corrected chi connectivity index (χ4v) is 2.49. The maximum atomic E-state index is 4.46. The molecule has 2 heterocycles. The zero-order chi connectivity index (χ0) is 9.97. The number of nitrogens with one attached hydrogen (secondary N) is 2. The molecule has 1 fully saturated rings. The van der Waals surface area contributed by atoms with Crippen LogP contribution in [0.1, 0.15) is 17.0 Å². The monoisotopic (exact) mass is 211 g/mol. The minimum Gasteiger partial charge on any atom is -0.361 e. The van der Waals surface area contributed by atoms with Crippen LogP contribution in [-0.4, -0.2) is 24.6 Å². The summed E-state index contributed by atoms with van der Waals surface area (Å²) in [6.45, 7) is 7.56. The lowest BCUT2D eigenvalue weighted by atomic mass is 10.1. The molecule has 4 heteroatoms. The zero-order valence-corrected chi connectivity index (χ0v) is 9.58. The molecule has 0 saturated carbocycles. The topological polar surface area (TPSA) is 37.0 Å². The van der Waals surface area contributed by atoms with Crippen LogP contribution < -0.4 is 10.6 Å². The maximum absolute atomic E-state index is 4.46. The first-order chi connectivity index (χ1) is 6.75. The van der Waals surface area contributed by atoms with Crippen LogP contribution in [0.5, 0.6) is 0 Å². The fraction of sp³-hybridized carbons (Fsp3) is 0.700. The highest BCUT2D eigenvalue weighted by atomic mass is 32.1. The lowest BCUT2D eigenvalue weighted by Crippen LogP contribution is -2.17. The Bertz CT molecular complexity index is 283. The van der Waals surface area contributed by atoms with Crippen molar-refractivity contribution in [1.29, 1.82) is 0 Å². The molecule has 0 radical (unpaired) electrons. The first kappa shape index (κ1) is 9.93. The second kappa shape index (κ2) is 4.28. The van der Waals surface area contributed by atoms with Crippen LogP contribution >= 0.6 is 11.3 Å². The van der Waals surface area contributed by atoms with Crippen LogP contribution in [0, 0.1) is 19.8 Å². The third-order valence-corrected chi connectivity index (χ3v) is 3.76. The van der Waals surface area contributed by atoms with E-state index >= 15 is 0 Å². The van der Waals surface area contributed by atoms with E-state index in [0.717, 1.165) is 29.8 Å². The van der Waals surface area contributed by atoms with E-state index in [0.29, 0.717) is 0 Å². The number of nitrogens with zero attached hydrogens (tertiary/aromatic N) is 1. The Morgan fingerprint density at radius 2 is 2.43 bits per heavy atom. The van der Waals surface area contributed by atoms with E-state index in [1.807, 2.05) is 0 Å². The van der Waals surface area contributed by atoms with Crippen LogP contribution in [0.25, 0.3) is 0 Å². The lowest BCUT2D eigenvalue weighted by molar-refractivity contribution is 0.615. The Kier molecular flexibility index (Phi) is 3.03. The summed E-state index contributed by atoms with van der Waals surface area (Å²) in [7, 11) is 0. The third kappa shape index (κ3) is 2.25. The van der Waals surface area contributed by atoms with E-state index in [4.69, 9.17) is 0 Å². The average molecular weight is 211 g/mol. The summed E-state index contributed by atoms with van der Waals surface area (Å²) in [5.74, 6) is 0.777. The molecule has 14 heavy (non-hydrogen) atoms. The first-order valence-corrected chi connectivity index (χ1v) is 5.96. The number of rotatable bonds is 3. The number of hydrogen-bond donors (Lipinski definition) is 2. The van der Waals surface area contributed by atoms with Gasteiger partial charge in [-0.3, -0.25) is 0 Å². The highest BCUT2D eigenvalue weighted by molar-refractivity contribution is 7.15. The van der Waals surface area contributed by atoms with Crippen molar-refractivity contribution < 1.29 is 0 Å². The second-order valence-electron chi connectivity index (χ2n) is 3.90. The molecule has 1 atom stereocenters. The van der Waals surface area contributed by atoms with Gasteiger partial charge in [0.25, 0.3) is 0 Å². The summed E-state index contributed by atoms with van der Waals surface area (Å²) >= 11 is 1.76. The van der Waals surface area contributed by atoms with Gasteiger partial charge in [0.15, 0.2) is 5.13 Å². The quantitative estimate of drug-likeness (QED) is 0.800. The number of anilines is 1. The molecule has 1 aliphatic heterocycles. The van der Waals surface area contributed by atoms with Gasteiger partial charge in [-0.25, -0.2) is 4.98 Å². The van der Waals surface area contributed by atoms with Crippen molar-refractivity contribution in [3.8, 4) is 0 Å².